The molecule has 1 N–H and O–H groups in total. The van der Waals surface area contributed by atoms with Crippen molar-refractivity contribution >= 4 is 32.5 Å². The van der Waals surface area contributed by atoms with Crippen LogP contribution in [0.15, 0.2) is 46.9 Å². The number of ether oxygens (including phenoxy) is 1. The zero-order valence-corrected chi connectivity index (χ0v) is 20.6. The summed E-state index contributed by atoms with van der Waals surface area (Å²) >= 11 is 0. The van der Waals surface area contributed by atoms with E-state index in [1.165, 1.54) is 12.8 Å². The summed E-state index contributed by atoms with van der Waals surface area (Å²) < 4.78 is 37.7. The van der Waals surface area contributed by atoms with Crippen LogP contribution >= 0.6 is 0 Å². The second-order valence-electron chi connectivity index (χ2n) is 8.84. The van der Waals surface area contributed by atoms with Gasteiger partial charge in [-0.05, 0) is 74.8 Å². The van der Waals surface area contributed by atoms with Crippen LogP contribution in [0.25, 0.3) is 11.0 Å². The minimum atomic E-state index is -3.44. The van der Waals surface area contributed by atoms with E-state index in [-0.39, 0.29) is 5.78 Å². The molecular weight excluding hydrogens is 452 g/mol. The third-order valence-electron chi connectivity index (χ3n) is 6.04. The van der Waals surface area contributed by atoms with Crippen molar-refractivity contribution < 1.29 is 22.4 Å². The highest BCUT2D eigenvalue weighted by Crippen LogP contribution is 2.32. The number of likely N-dealkylation sites (tertiary alicyclic amines) is 1. The lowest BCUT2D eigenvalue weighted by atomic mass is 9.98. The third kappa shape index (κ3) is 5.98. The minimum Gasteiger partial charge on any atom is -0.492 e. The molecule has 8 heteroatoms. The standard InChI is InChI=1S/C26H32N2O5S/c1-3-4-7-24-25(22-18-20(27-34(2,30)31)10-13-23(22)33-24)26(29)19-8-11-21(12-9-19)32-17-16-28-14-5-6-15-28/h8-13,18,27H,3-7,14-17H2,1-2H3. The van der Waals surface area contributed by atoms with Crippen molar-refractivity contribution in [2.24, 2.45) is 0 Å². The number of anilines is 1. The lowest BCUT2D eigenvalue weighted by Crippen LogP contribution is -2.25. The summed E-state index contributed by atoms with van der Waals surface area (Å²) in [5.74, 6) is 1.22. The Bertz CT molecular complexity index is 1240. The number of unbranched alkanes of at least 4 members (excludes halogenated alkanes) is 1. The average molecular weight is 485 g/mol. The van der Waals surface area contributed by atoms with E-state index < -0.39 is 10.0 Å². The van der Waals surface area contributed by atoms with Crippen molar-refractivity contribution in [3.05, 3.63) is 59.4 Å². The first-order valence-corrected chi connectivity index (χ1v) is 13.8. The van der Waals surface area contributed by atoms with Crippen LogP contribution in [0.3, 0.4) is 0 Å². The van der Waals surface area contributed by atoms with Gasteiger partial charge in [0.2, 0.25) is 10.0 Å². The first-order chi connectivity index (χ1) is 16.3. The number of fused-ring (bicyclic) bond motifs is 1. The number of furan rings is 1. The van der Waals surface area contributed by atoms with Crippen molar-refractivity contribution in [1.29, 1.82) is 0 Å². The van der Waals surface area contributed by atoms with Gasteiger partial charge >= 0.3 is 0 Å². The normalized spacial score (nSPS) is 14.5. The highest BCUT2D eigenvalue weighted by molar-refractivity contribution is 7.92. The summed E-state index contributed by atoms with van der Waals surface area (Å²) in [6.07, 6.45) is 6.10. The molecule has 0 radical (unpaired) electrons. The Hall–Kier alpha value is -2.84. The Morgan fingerprint density at radius 2 is 1.85 bits per heavy atom. The Morgan fingerprint density at radius 3 is 2.53 bits per heavy atom. The fourth-order valence-corrected chi connectivity index (χ4v) is 4.89. The molecule has 0 spiro atoms. The van der Waals surface area contributed by atoms with Gasteiger partial charge < -0.3 is 9.15 Å². The first-order valence-electron chi connectivity index (χ1n) is 11.9. The smallest absolute Gasteiger partial charge is 0.229 e. The number of hydrogen-bond donors (Lipinski definition) is 1. The molecule has 34 heavy (non-hydrogen) atoms. The molecule has 182 valence electrons. The summed E-state index contributed by atoms with van der Waals surface area (Å²) in [4.78, 5) is 16.0. The molecule has 7 nitrogen and oxygen atoms in total. The number of ketones is 1. The van der Waals surface area contributed by atoms with Crippen LogP contribution in [-0.2, 0) is 16.4 Å². The number of carbonyl (C=O) groups excluding carboxylic acids is 1. The van der Waals surface area contributed by atoms with Crippen LogP contribution in [-0.4, -0.2) is 51.6 Å². The van der Waals surface area contributed by atoms with Gasteiger partial charge in [-0.1, -0.05) is 13.3 Å². The molecule has 2 heterocycles. The lowest BCUT2D eigenvalue weighted by molar-refractivity contribution is 0.103. The van der Waals surface area contributed by atoms with Gasteiger partial charge in [0.05, 0.1) is 11.8 Å². The summed E-state index contributed by atoms with van der Waals surface area (Å²) in [5.41, 5.74) is 1.99. The Morgan fingerprint density at radius 1 is 1.12 bits per heavy atom. The summed E-state index contributed by atoms with van der Waals surface area (Å²) in [7, 11) is -3.44. The molecule has 0 aliphatic carbocycles. The largest absolute Gasteiger partial charge is 0.492 e. The van der Waals surface area contributed by atoms with Crippen LogP contribution < -0.4 is 9.46 Å². The molecule has 0 amide bonds. The average Bonchev–Trinajstić information content (AvgIpc) is 3.44. The van der Waals surface area contributed by atoms with Crippen molar-refractivity contribution in [1.82, 2.24) is 4.90 Å². The molecule has 1 aliphatic heterocycles. The monoisotopic (exact) mass is 484 g/mol. The van der Waals surface area contributed by atoms with E-state index in [9.17, 15) is 13.2 Å². The van der Waals surface area contributed by atoms with Crippen molar-refractivity contribution in [2.75, 3.05) is 37.2 Å². The molecule has 0 bridgehead atoms. The fourth-order valence-electron chi connectivity index (χ4n) is 4.33. The number of carbonyl (C=O) groups is 1. The highest BCUT2D eigenvalue weighted by Gasteiger charge is 2.22. The molecule has 0 saturated carbocycles. The molecule has 0 atom stereocenters. The van der Waals surface area contributed by atoms with Crippen LogP contribution in [0.4, 0.5) is 5.69 Å². The zero-order chi connectivity index (χ0) is 24.1. The predicted molar refractivity (Wildman–Crippen MR) is 134 cm³/mol. The molecule has 1 saturated heterocycles. The lowest BCUT2D eigenvalue weighted by Gasteiger charge is -2.15. The SMILES string of the molecule is CCCCc1oc2ccc(NS(C)(=O)=O)cc2c1C(=O)c1ccc(OCCN2CCCC2)cc1. The molecule has 1 fully saturated rings. The maximum atomic E-state index is 13.6. The van der Waals surface area contributed by atoms with Crippen molar-refractivity contribution in [2.45, 2.75) is 39.0 Å². The molecule has 0 unspecified atom stereocenters. The number of sulfonamides is 1. The van der Waals surface area contributed by atoms with Crippen molar-refractivity contribution in [3.63, 3.8) is 0 Å². The predicted octanol–water partition coefficient (Wildman–Crippen LogP) is 4.85. The highest BCUT2D eigenvalue weighted by atomic mass is 32.2. The van der Waals surface area contributed by atoms with Crippen molar-refractivity contribution in [3.8, 4) is 5.75 Å². The zero-order valence-electron chi connectivity index (χ0n) is 19.8. The van der Waals surface area contributed by atoms with Gasteiger partial charge in [0, 0.05) is 29.6 Å². The molecule has 3 aromatic rings. The van der Waals surface area contributed by atoms with Gasteiger partial charge in [0.1, 0.15) is 23.7 Å². The summed E-state index contributed by atoms with van der Waals surface area (Å²) in [5, 5.41) is 0.607. The molecule has 1 aliphatic rings. The van der Waals surface area contributed by atoms with E-state index >= 15 is 0 Å². The number of benzene rings is 2. The van der Waals surface area contributed by atoms with E-state index in [1.807, 2.05) is 12.1 Å². The number of aryl methyl sites for hydroxylation is 1. The second-order valence-corrected chi connectivity index (χ2v) is 10.6. The Balaban J connectivity index is 1.57. The number of hydrogen-bond acceptors (Lipinski definition) is 6. The number of nitrogens with zero attached hydrogens (tertiary/aromatic N) is 1. The molecule has 2 aromatic carbocycles. The van der Waals surface area contributed by atoms with Gasteiger partial charge in [-0.3, -0.25) is 14.4 Å². The third-order valence-corrected chi connectivity index (χ3v) is 6.65. The maximum Gasteiger partial charge on any atom is 0.229 e. The Labute approximate surface area is 201 Å². The van der Waals surface area contributed by atoms with Gasteiger partial charge in [0.15, 0.2) is 5.78 Å². The van der Waals surface area contributed by atoms with Crippen LogP contribution in [0.5, 0.6) is 5.75 Å². The van der Waals surface area contributed by atoms with Crippen LogP contribution in [0.1, 0.15) is 54.3 Å². The van der Waals surface area contributed by atoms with E-state index in [4.69, 9.17) is 9.15 Å². The molecule has 1 aromatic heterocycles. The Kier molecular flexibility index (Phi) is 7.58. The number of rotatable bonds is 11. The van der Waals surface area contributed by atoms with E-state index in [2.05, 4.69) is 16.5 Å². The summed E-state index contributed by atoms with van der Waals surface area (Å²) in [6, 6.07) is 12.2. The fraction of sp³-hybridized carbons (Fsp3) is 0.423. The first kappa shape index (κ1) is 24.3. The quantitative estimate of drug-likeness (QED) is 0.391. The van der Waals surface area contributed by atoms with E-state index in [1.54, 1.807) is 30.3 Å². The second kappa shape index (κ2) is 10.6. The number of nitrogens with one attached hydrogen (secondary N) is 1. The van der Waals surface area contributed by atoms with Gasteiger partial charge in [-0.15, -0.1) is 0 Å². The maximum absolute atomic E-state index is 13.6. The minimum absolute atomic E-state index is 0.148. The van der Waals surface area contributed by atoms with E-state index in [0.29, 0.717) is 46.6 Å². The van der Waals surface area contributed by atoms with Crippen LogP contribution in [0.2, 0.25) is 0 Å². The topological polar surface area (TPSA) is 88.8 Å². The van der Waals surface area contributed by atoms with Gasteiger partial charge in [0.25, 0.3) is 0 Å². The van der Waals surface area contributed by atoms with Gasteiger partial charge in [-0.25, -0.2) is 8.42 Å². The summed E-state index contributed by atoms with van der Waals surface area (Å²) in [6.45, 7) is 5.89. The molecular formula is C26H32N2O5S. The van der Waals surface area contributed by atoms with Crippen LogP contribution in [0, 0.1) is 0 Å². The van der Waals surface area contributed by atoms with E-state index in [0.717, 1.165) is 44.5 Å². The molecule has 4 rings (SSSR count). The van der Waals surface area contributed by atoms with Gasteiger partial charge in [-0.2, -0.15) is 0 Å².